The molecule has 0 spiro atoms. The SMILES string of the molecule is Nc1ccccc1N=Cc1cccc([N+](=O)[O-])c1O. The number of rotatable bonds is 3. The standard InChI is InChI=1S/C13H11N3O3/c14-10-5-1-2-6-11(10)15-8-9-4-3-7-12(13(9)17)16(18)19/h1-8,17H,14H2. The van der Waals surface area contributed by atoms with Crippen LogP contribution in [0.15, 0.2) is 47.5 Å². The van der Waals surface area contributed by atoms with Crippen LogP contribution < -0.4 is 5.73 Å². The molecule has 0 atom stereocenters. The molecule has 2 aromatic carbocycles. The average Bonchev–Trinajstić information content (AvgIpc) is 2.39. The van der Waals surface area contributed by atoms with Crippen molar-refractivity contribution in [2.45, 2.75) is 0 Å². The van der Waals surface area contributed by atoms with E-state index in [0.29, 0.717) is 11.4 Å². The summed E-state index contributed by atoms with van der Waals surface area (Å²) >= 11 is 0. The Balaban J connectivity index is 2.37. The maximum absolute atomic E-state index is 10.7. The van der Waals surface area contributed by atoms with Crippen molar-refractivity contribution in [3.8, 4) is 5.75 Å². The molecule has 96 valence electrons. The van der Waals surface area contributed by atoms with Crippen molar-refractivity contribution in [3.63, 3.8) is 0 Å². The number of aliphatic imine (C=N–C) groups is 1. The van der Waals surface area contributed by atoms with E-state index < -0.39 is 10.7 Å². The molecule has 0 unspecified atom stereocenters. The summed E-state index contributed by atoms with van der Waals surface area (Å²) in [6.07, 6.45) is 1.34. The average molecular weight is 257 g/mol. The van der Waals surface area contributed by atoms with E-state index in [2.05, 4.69) is 4.99 Å². The summed E-state index contributed by atoms with van der Waals surface area (Å²) in [6.45, 7) is 0. The van der Waals surface area contributed by atoms with E-state index in [4.69, 9.17) is 5.73 Å². The number of nitrogens with zero attached hydrogens (tertiary/aromatic N) is 2. The number of phenolic OH excluding ortho intramolecular Hbond substituents is 1. The number of nitrogens with two attached hydrogens (primary N) is 1. The van der Waals surface area contributed by atoms with E-state index >= 15 is 0 Å². The number of nitro benzene ring substituents is 1. The quantitative estimate of drug-likeness (QED) is 0.382. The molecule has 0 aliphatic rings. The summed E-state index contributed by atoms with van der Waals surface area (Å²) in [5.74, 6) is -0.411. The van der Waals surface area contributed by atoms with Gasteiger partial charge < -0.3 is 10.8 Å². The van der Waals surface area contributed by atoms with Crippen LogP contribution in [-0.2, 0) is 0 Å². The molecular weight excluding hydrogens is 246 g/mol. The molecule has 0 saturated heterocycles. The van der Waals surface area contributed by atoms with Gasteiger partial charge in [-0.3, -0.25) is 15.1 Å². The first-order valence-electron chi connectivity index (χ1n) is 5.44. The number of anilines is 1. The van der Waals surface area contributed by atoms with Crippen molar-refractivity contribution in [2.75, 3.05) is 5.73 Å². The molecule has 6 heteroatoms. The summed E-state index contributed by atoms with van der Waals surface area (Å²) in [4.78, 5) is 14.1. The van der Waals surface area contributed by atoms with Crippen LogP contribution in [-0.4, -0.2) is 16.2 Å². The minimum absolute atomic E-state index is 0.262. The predicted octanol–water partition coefficient (Wildman–Crippen LogP) is 2.63. The molecule has 0 amide bonds. The Morgan fingerprint density at radius 2 is 1.95 bits per heavy atom. The molecule has 2 rings (SSSR count). The first-order valence-corrected chi connectivity index (χ1v) is 5.44. The van der Waals surface area contributed by atoms with Gasteiger partial charge in [-0.15, -0.1) is 0 Å². The van der Waals surface area contributed by atoms with E-state index in [-0.39, 0.29) is 11.3 Å². The smallest absolute Gasteiger partial charge is 0.311 e. The zero-order valence-electron chi connectivity index (χ0n) is 9.85. The van der Waals surface area contributed by atoms with Crippen LogP contribution in [0.5, 0.6) is 5.75 Å². The maximum atomic E-state index is 10.7. The number of hydrogen-bond donors (Lipinski definition) is 2. The van der Waals surface area contributed by atoms with Crippen LogP contribution in [0.3, 0.4) is 0 Å². The van der Waals surface area contributed by atoms with Crippen LogP contribution in [0.2, 0.25) is 0 Å². The lowest BCUT2D eigenvalue weighted by Crippen LogP contribution is -1.92. The Kier molecular flexibility index (Phi) is 3.42. The molecule has 6 nitrogen and oxygen atoms in total. The van der Waals surface area contributed by atoms with E-state index in [1.165, 1.54) is 24.4 Å². The van der Waals surface area contributed by atoms with Gasteiger partial charge in [0.2, 0.25) is 5.75 Å². The molecule has 0 aromatic heterocycles. The predicted molar refractivity (Wildman–Crippen MR) is 72.9 cm³/mol. The van der Waals surface area contributed by atoms with Crippen molar-refractivity contribution in [3.05, 3.63) is 58.1 Å². The Hall–Kier alpha value is -2.89. The zero-order chi connectivity index (χ0) is 13.8. The molecule has 0 saturated carbocycles. The van der Waals surface area contributed by atoms with Gasteiger partial charge in [0.25, 0.3) is 0 Å². The largest absolute Gasteiger partial charge is 0.502 e. The zero-order valence-corrected chi connectivity index (χ0v) is 9.85. The Morgan fingerprint density at radius 3 is 2.63 bits per heavy atom. The third kappa shape index (κ3) is 2.68. The monoisotopic (exact) mass is 257 g/mol. The third-order valence-corrected chi connectivity index (χ3v) is 2.52. The van der Waals surface area contributed by atoms with Crippen LogP contribution >= 0.6 is 0 Å². The van der Waals surface area contributed by atoms with Crippen molar-refractivity contribution >= 4 is 23.3 Å². The molecule has 19 heavy (non-hydrogen) atoms. The molecule has 0 heterocycles. The number of benzene rings is 2. The molecule has 0 aliphatic heterocycles. The third-order valence-electron chi connectivity index (χ3n) is 2.52. The lowest BCUT2D eigenvalue weighted by molar-refractivity contribution is -0.385. The van der Waals surface area contributed by atoms with Crippen molar-refractivity contribution in [1.29, 1.82) is 0 Å². The number of aromatic hydroxyl groups is 1. The Labute approximate surface area is 109 Å². The molecule has 0 fully saturated rings. The molecule has 3 N–H and O–H groups in total. The van der Waals surface area contributed by atoms with Gasteiger partial charge in [-0.1, -0.05) is 18.2 Å². The summed E-state index contributed by atoms with van der Waals surface area (Å²) in [7, 11) is 0. The van der Waals surface area contributed by atoms with Gasteiger partial charge in [0.15, 0.2) is 0 Å². The molecule has 0 bridgehead atoms. The summed E-state index contributed by atoms with van der Waals surface area (Å²) < 4.78 is 0. The van der Waals surface area contributed by atoms with Crippen molar-refractivity contribution in [2.24, 2.45) is 4.99 Å². The Morgan fingerprint density at radius 1 is 1.21 bits per heavy atom. The van der Waals surface area contributed by atoms with Crippen LogP contribution in [0.25, 0.3) is 0 Å². The first-order chi connectivity index (χ1) is 9.09. The lowest BCUT2D eigenvalue weighted by atomic mass is 10.2. The fraction of sp³-hybridized carbons (Fsp3) is 0. The van der Waals surface area contributed by atoms with Crippen LogP contribution in [0.1, 0.15) is 5.56 Å². The topological polar surface area (TPSA) is 102 Å². The van der Waals surface area contributed by atoms with Gasteiger partial charge in [-0.2, -0.15) is 0 Å². The normalized spacial score (nSPS) is 10.7. The fourth-order valence-corrected chi connectivity index (χ4v) is 1.54. The first kappa shape index (κ1) is 12.6. The van der Waals surface area contributed by atoms with E-state index in [1.807, 2.05) is 0 Å². The van der Waals surface area contributed by atoms with Gasteiger partial charge in [0.1, 0.15) is 0 Å². The van der Waals surface area contributed by atoms with Crippen LogP contribution in [0, 0.1) is 10.1 Å². The number of hydrogen-bond acceptors (Lipinski definition) is 5. The highest BCUT2D eigenvalue weighted by atomic mass is 16.6. The molecular formula is C13H11N3O3. The minimum atomic E-state index is -0.649. The Bertz CT molecular complexity index is 653. The van der Waals surface area contributed by atoms with Gasteiger partial charge in [-0.25, -0.2) is 0 Å². The van der Waals surface area contributed by atoms with Crippen molar-refractivity contribution < 1.29 is 10.0 Å². The molecule has 2 aromatic rings. The van der Waals surface area contributed by atoms with Gasteiger partial charge in [0.05, 0.1) is 16.3 Å². The van der Waals surface area contributed by atoms with E-state index in [9.17, 15) is 15.2 Å². The van der Waals surface area contributed by atoms with E-state index in [0.717, 1.165) is 0 Å². The summed E-state index contributed by atoms with van der Waals surface area (Å²) in [5, 5.41) is 20.4. The number of nitro groups is 1. The highest BCUT2D eigenvalue weighted by Gasteiger charge is 2.14. The number of phenols is 1. The second kappa shape index (κ2) is 5.18. The maximum Gasteiger partial charge on any atom is 0.311 e. The highest BCUT2D eigenvalue weighted by Crippen LogP contribution is 2.29. The molecule has 0 aliphatic carbocycles. The van der Waals surface area contributed by atoms with E-state index in [1.54, 1.807) is 24.3 Å². The summed E-state index contributed by atoms with van der Waals surface area (Å²) in [6, 6.07) is 11.2. The van der Waals surface area contributed by atoms with Gasteiger partial charge in [-0.05, 0) is 18.2 Å². The van der Waals surface area contributed by atoms with Gasteiger partial charge >= 0.3 is 5.69 Å². The second-order valence-electron chi connectivity index (χ2n) is 3.79. The van der Waals surface area contributed by atoms with Gasteiger partial charge in [0, 0.05) is 17.8 Å². The second-order valence-corrected chi connectivity index (χ2v) is 3.79. The minimum Gasteiger partial charge on any atom is -0.502 e. The fourth-order valence-electron chi connectivity index (χ4n) is 1.54. The number of nitrogen functional groups attached to an aromatic ring is 1. The summed E-state index contributed by atoms with van der Waals surface area (Å²) in [5.41, 5.74) is 6.65. The van der Waals surface area contributed by atoms with Crippen molar-refractivity contribution in [1.82, 2.24) is 0 Å². The molecule has 0 radical (unpaired) electrons. The lowest BCUT2D eigenvalue weighted by Gasteiger charge is -2.01. The van der Waals surface area contributed by atoms with Crippen LogP contribution in [0.4, 0.5) is 17.1 Å². The number of para-hydroxylation sites is 3. The highest BCUT2D eigenvalue weighted by molar-refractivity contribution is 5.88.